The molecule has 1 amide bonds. The molecule has 1 saturated heterocycles. The van der Waals surface area contributed by atoms with Gasteiger partial charge in [0.15, 0.2) is 5.82 Å². The van der Waals surface area contributed by atoms with E-state index < -0.39 is 5.82 Å². The van der Waals surface area contributed by atoms with Gasteiger partial charge < -0.3 is 9.64 Å². The number of aromatic nitrogens is 4. The summed E-state index contributed by atoms with van der Waals surface area (Å²) in [5.74, 6) is -0.596. The Labute approximate surface area is 143 Å². The second kappa shape index (κ2) is 6.12. The lowest BCUT2D eigenvalue weighted by atomic mass is 10.3. The Morgan fingerprint density at radius 3 is 2.92 bits per heavy atom. The van der Waals surface area contributed by atoms with Gasteiger partial charge in [-0.05, 0) is 19.1 Å². The average molecular weight is 341 g/mol. The van der Waals surface area contributed by atoms with Gasteiger partial charge in [-0.15, -0.1) is 0 Å². The quantitative estimate of drug-likeness (QED) is 0.727. The number of hydrogen-bond acceptors (Lipinski definition) is 5. The lowest BCUT2D eigenvalue weighted by molar-refractivity contribution is 0.0762. The Balaban J connectivity index is 1.50. The first kappa shape index (κ1) is 15.5. The average Bonchev–Trinajstić information content (AvgIpc) is 3.20. The second-order valence-corrected chi connectivity index (χ2v) is 5.94. The van der Waals surface area contributed by atoms with Crippen LogP contribution in [0.3, 0.4) is 0 Å². The SMILES string of the molecule is Cc1nc2ccccn2c1C(=O)N1CCC(Oc2ncc(F)cn2)C1. The smallest absolute Gasteiger partial charge is 0.316 e. The van der Waals surface area contributed by atoms with Crippen molar-refractivity contribution in [3.63, 3.8) is 0 Å². The van der Waals surface area contributed by atoms with Gasteiger partial charge >= 0.3 is 6.01 Å². The van der Waals surface area contributed by atoms with E-state index >= 15 is 0 Å². The number of aryl methyl sites for hydroxylation is 1. The van der Waals surface area contributed by atoms with Crippen molar-refractivity contribution < 1.29 is 13.9 Å². The summed E-state index contributed by atoms with van der Waals surface area (Å²) in [5.41, 5.74) is 2.01. The van der Waals surface area contributed by atoms with Crippen molar-refractivity contribution in [2.75, 3.05) is 13.1 Å². The fourth-order valence-corrected chi connectivity index (χ4v) is 3.04. The van der Waals surface area contributed by atoms with Crippen molar-refractivity contribution in [1.29, 1.82) is 0 Å². The van der Waals surface area contributed by atoms with Crippen LogP contribution in [0.5, 0.6) is 6.01 Å². The molecular formula is C17H16FN5O2. The van der Waals surface area contributed by atoms with Crippen molar-refractivity contribution in [3.8, 4) is 6.01 Å². The van der Waals surface area contributed by atoms with Crippen molar-refractivity contribution in [1.82, 2.24) is 24.3 Å². The van der Waals surface area contributed by atoms with Crippen LogP contribution in [-0.2, 0) is 0 Å². The van der Waals surface area contributed by atoms with Crippen LogP contribution in [0.1, 0.15) is 22.6 Å². The molecule has 1 aliphatic rings. The Hall–Kier alpha value is -3.03. The number of nitrogens with zero attached hydrogens (tertiary/aromatic N) is 5. The lowest BCUT2D eigenvalue weighted by Crippen LogP contribution is -2.32. The number of pyridine rings is 1. The number of fused-ring (bicyclic) bond motifs is 1. The van der Waals surface area contributed by atoms with Crippen molar-refractivity contribution in [2.24, 2.45) is 0 Å². The molecule has 1 atom stereocenters. The first-order chi connectivity index (χ1) is 12.1. The van der Waals surface area contributed by atoms with Crippen molar-refractivity contribution in [3.05, 3.63) is 54.0 Å². The normalized spacial score (nSPS) is 17.2. The van der Waals surface area contributed by atoms with Crippen LogP contribution >= 0.6 is 0 Å². The molecule has 0 spiro atoms. The van der Waals surface area contributed by atoms with E-state index in [1.54, 1.807) is 9.30 Å². The van der Waals surface area contributed by atoms with Gasteiger partial charge in [0.05, 0.1) is 24.6 Å². The molecule has 0 saturated carbocycles. The largest absolute Gasteiger partial charge is 0.458 e. The third-order valence-corrected chi connectivity index (χ3v) is 4.21. The highest BCUT2D eigenvalue weighted by Crippen LogP contribution is 2.20. The van der Waals surface area contributed by atoms with Gasteiger partial charge in [-0.1, -0.05) is 6.07 Å². The fraction of sp³-hybridized carbons (Fsp3) is 0.294. The number of ether oxygens (including phenoxy) is 1. The minimum atomic E-state index is -0.515. The van der Waals surface area contributed by atoms with E-state index in [2.05, 4.69) is 15.0 Å². The molecule has 4 rings (SSSR count). The van der Waals surface area contributed by atoms with Gasteiger partial charge in [-0.25, -0.2) is 19.3 Å². The van der Waals surface area contributed by atoms with E-state index in [4.69, 9.17) is 4.74 Å². The van der Waals surface area contributed by atoms with Crippen molar-refractivity contribution in [2.45, 2.75) is 19.4 Å². The second-order valence-electron chi connectivity index (χ2n) is 5.94. The molecule has 1 unspecified atom stereocenters. The zero-order valence-electron chi connectivity index (χ0n) is 13.6. The summed E-state index contributed by atoms with van der Waals surface area (Å²) in [6.07, 6.45) is 4.40. The van der Waals surface area contributed by atoms with Gasteiger partial charge in [0.25, 0.3) is 5.91 Å². The maximum absolute atomic E-state index is 12.9. The van der Waals surface area contributed by atoms with Crippen LogP contribution in [0.4, 0.5) is 4.39 Å². The van der Waals surface area contributed by atoms with Gasteiger partial charge in [0.2, 0.25) is 0 Å². The number of amides is 1. The Kier molecular flexibility index (Phi) is 3.79. The Bertz CT molecular complexity index is 924. The highest BCUT2D eigenvalue weighted by Gasteiger charge is 2.31. The lowest BCUT2D eigenvalue weighted by Gasteiger charge is -2.17. The fourth-order valence-electron chi connectivity index (χ4n) is 3.04. The predicted octanol–water partition coefficient (Wildman–Crippen LogP) is 1.87. The first-order valence-electron chi connectivity index (χ1n) is 7.99. The molecule has 7 nitrogen and oxygen atoms in total. The zero-order chi connectivity index (χ0) is 17.4. The van der Waals surface area contributed by atoms with E-state index in [0.29, 0.717) is 30.9 Å². The number of imidazole rings is 1. The summed E-state index contributed by atoms with van der Waals surface area (Å²) < 4.78 is 20.3. The van der Waals surface area contributed by atoms with Gasteiger partial charge in [0, 0.05) is 19.2 Å². The number of halogens is 1. The van der Waals surface area contributed by atoms with E-state index in [1.165, 1.54) is 0 Å². The number of likely N-dealkylation sites (tertiary alicyclic amines) is 1. The van der Waals surface area contributed by atoms with Crippen LogP contribution in [0.25, 0.3) is 5.65 Å². The summed E-state index contributed by atoms with van der Waals surface area (Å²) in [7, 11) is 0. The van der Waals surface area contributed by atoms with Crippen LogP contribution in [0.15, 0.2) is 36.8 Å². The maximum atomic E-state index is 12.9. The first-order valence-corrected chi connectivity index (χ1v) is 7.99. The van der Waals surface area contributed by atoms with Gasteiger partial charge in [-0.2, -0.15) is 0 Å². The minimum Gasteiger partial charge on any atom is -0.458 e. The predicted molar refractivity (Wildman–Crippen MR) is 86.9 cm³/mol. The third kappa shape index (κ3) is 2.90. The summed E-state index contributed by atoms with van der Waals surface area (Å²) in [5, 5.41) is 0. The molecule has 0 aliphatic carbocycles. The van der Waals surface area contributed by atoms with E-state index in [9.17, 15) is 9.18 Å². The Morgan fingerprint density at radius 1 is 1.32 bits per heavy atom. The molecule has 25 heavy (non-hydrogen) atoms. The zero-order valence-corrected chi connectivity index (χ0v) is 13.6. The molecule has 0 aromatic carbocycles. The molecule has 8 heteroatoms. The number of rotatable bonds is 3. The van der Waals surface area contributed by atoms with E-state index in [0.717, 1.165) is 18.0 Å². The highest BCUT2D eigenvalue weighted by molar-refractivity contribution is 5.94. The van der Waals surface area contributed by atoms with Gasteiger partial charge in [-0.3, -0.25) is 9.20 Å². The molecule has 3 aromatic rings. The van der Waals surface area contributed by atoms with Crippen LogP contribution < -0.4 is 4.74 Å². The summed E-state index contributed by atoms with van der Waals surface area (Å²) in [6, 6.07) is 5.74. The molecule has 4 heterocycles. The maximum Gasteiger partial charge on any atom is 0.316 e. The number of carbonyl (C=O) groups excluding carboxylic acids is 1. The molecule has 0 radical (unpaired) electrons. The third-order valence-electron chi connectivity index (χ3n) is 4.21. The molecule has 0 bridgehead atoms. The highest BCUT2D eigenvalue weighted by atomic mass is 19.1. The van der Waals surface area contributed by atoms with E-state index in [1.807, 2.05) is 31.3 Å². The van der Waals surface area contributed by atoms with Crippen LogP contribution in [0.2, 0.25) is 0 Å². The van der Waals surface area contributed by atoms with Crippen molar-refractivity contribution >= 4 is 11.6 Å². The number of hydrogen-bond donors (Lipinski definition) is 0. The molecule has 128 valence electrons. The van der Waals surface area contributed by atoms with E-state index in [-0.39, 0.29) is 18.0 Å². The molecule has 1 aliphatic heterocycles. The summed E-state index contributed by atoms with van der Waals surface area (Å²) >= 11 is 0. The Morgan fingerprint density at radius 2 is 2.12 bits per heavy atom. The number of carbonyl (C=O) groups is 1. The standard InChI is InChI=1S/C17H16FN5O2/c1-11-15(23-6-3-2-4-14(23)21-11)16(24)22-7-5-13(10-22)25-17-19-8-12(18)9-20-17/h2-4,6,8-9,13H,5,7,10H2,1H3. The monoisotopic (exact) mass is 341 g/mol. The van der Waals surface area contributed by atoms with Crippen LogP contribution in [0, 0.1) is 12.7 Å². The van der Waals surface area contributed by atoms with Crippen LogP contribution in [-0.4, -0.2) is 49.4 Å². The molecule has 0 N–H and O–H groups in total. The topological polar surface area (TPSA) is 72.6 Å². The summed E-state index contributed by atoms with van der Waals surface area (Å²) in [4.78, 5) is 26.7. The van der Waals surface area contributed by atoms with Gasteiger partial charge in [0.1, 0.15) is 17.4 Å². The molecule has 1 fully saturated rings. The molecular weight excluding hydrogens is 325 g/mol. The summed E-state index contributed by atoms with van der Waals surface area (Å²) in [6.45, 7) is 2.83. The minimum absolute atomic E-state index is 0.0812. The molecule has 3 aromatic heterocycles.